The van der Waals surface area contributed by atoms with Gasteiger partial charge in [-0.3, -0.25) is 24.1 Å². The second-order valence-electron chi connectivity index (χ2n) is 11.5. The number of nitrogens with zero attached hydrogens (tertiary/aromatic N) is 2. The van der Waals surface area contributed by atoms with E-state index in [1.54, 1.807) is 29.2 Å². The average Bonchev–Trinajstić information content (AvgIpc) is 3.25. The number of benzene rings is 3. The molecule has 7 heteroatoms. The van der Waals surface area contributed by atoms with Crippen molar-refractivity contribution in [2.75, 3.05) is 6.54 Å². The van der Waals surface area contributed by atoms with Crippen LogP contribution in [0.15, 0.2) is 78.9 Å². The first-order chi connectivity index (χ1) is 20.4. The summed E-state index contributed by atoms with van der Waals surface area (Å²) in [5, 5.41) is 3.26. The Kier molecular flexibility index (Phi) is 9.47. The first kappa shape index (κ1) is 29.2. The Morgan fingerprint density at radius 1 is 0.833 bits per heavy atom. The Balaban J connectivity index is 1.35. The van der Waals surface area contributed by atoms with Crippen molar-refractivity contribution in [2.24, 2.45) is 0 Å². The quantitative estimate of drug-likeness (QED) is 0.313. The summed E-state index contributed by atoms with van der Waals surface area (Å²) in [6.45, 7) is 2.46. The fourth-order valence-electron chi connectivity index (χ4n) is 5.96. The topological polar surface area (TPSA) is 86.8 Å². The smallest absolute Gasteiger partial charge is 0.261 e. The van der Waals surface area contributed by atoms with Crippen molar-refractivity contribution in [1.82, 2.24) is 15.1 Å². The number of carbonyl (C=O) groups is 4. The third-order valence-corrected chi connectivity index (χ3v) is 8.35. The van der Waals surface area contributed by atoms with Crippen LogP contribution in [0.5, 0.6) is 0 Å². The molecule has 0 saturated heterocycles. The van der Waals surface area contributed by atoms with E-state index in [4.69, 9.17) is 0 Å². The lowest BCUT2D eigenvalue weighted by Gasteiger charge is -2.33. The Bertz CT molecular complexity index is 1380. The summed E-state index contributed by atoms with van der Waals surface area (Å²) in [6, 6.07) is 24.0. The van der Waals surface area contributed by atoms with Gasteiger partial charge < -0.3 is 10.2 Å². The first-order valence-corrected chi connectivity index (χ1v) is 15.1. The van der Waals surface area contributed by atoms with Crippen molar-refractivity contribution in [3.05, 3.63) is 107 Å². The van der Waals surface area contributed by atoms with E-state index >= 15 is 0 Å². The number of rotatable bonds is 11. The Morgan fingerprint density at radius 2 is 1.45 bits per heavy atom. The van der Waals surface area contributed by atoms with E-state index < -0.39 is 6.04 Å². The maximum absolute atomic E-state index is 14.0. The van der Waals surface area contributed by atoms with Crippen LogP contribution in [0, 0.1) is 6.92 Å². The van der Waals surface area contributed by atoms with Gasteiger partial charge >= 0.3 is 0 Å². The predicted molar refractivity (Wildman–Crippen MR) is 162 cm³/mol. The molecule has 1 N–H and O–H groups in total. The summed E-state index contributed by atoms with van der Waals surface area (Å²) in [5.41, 5.74) is 3.84. The van der Waals surface area contributed by atoms with Crippen LogP contribution in [-0.2, 0) is 22.6 Å². The minimum atomic E-state index is -0.692. The van der Waals surface area contributed by atoms with E-state index in [-0.39, 0.29) is 42.6 Å². The molecule has 3 aromatic rings. The molecule has 0 aromatic heterocycles. The lowest BCUT2D eigenvalue weighted by atomic mass is 9.94. The predicted octanol–water partition coefficient (Wildman–Crippen LogP) is 5.46. The monoisotopic (exact) mass is 565 g/mol. The molecule has 218 valence electrons. The number of amides is 4. The third-order valence-electron chi connectivity index (χ3n) is 8.35. The van der Waals surface area contributed by atoms with Gasteiger partial charge in [-0.1, -0.05) is 91.6 Å². The number of hydrogen-bond acceptors (Lipinski definition) is 4. The highest BCUT2D eigenvalue weighted by Crippen LogP contribution is 2.24. The van der Waals surface area contributed by atoms with Crippen molar-refractivity contribution in [3.8, 4) is 0 Å². The van der Waals surface area contributed by atoms with Crippen LogP contribution in [0.1, 0.15) is 82.4 Å². The van der Waals surface area contributed by atoms with Crippen LogP contribution in [0.4, 0.5) is 0 Å². The minimum absolute atomic E-state index is 0.112. The third kappa shape index (κ3) is 6.96. The fraction of sp³-hybridized carbons (Fsp3) is 0.371. The van der Waals surface area contributed by atoms with Gasteiger partial charge in [0.25, 0.3) is 11.8 Å². The van der Waals surface area contributed by atoms with Crippen LogP contribution in [-0.4, -0.2) is 52.1 Å². The SMILES string of the molecule is Cc1ccc(CN(C(=O)CCCN2C(=O)c3ccccc3C2=O)[C@@H](Cc2ccccc2)C(=O)NC2CCCCC2)cc1. The average molecular weight is 566 g/mol. The number of carbonyl (C=O) groups excluding carboxylic acids is 4. The van der Waals surface area contributed by atoms with Gasteiger partial charge in [-0.15, -0.1) is 0 Å². The normalized spacial score (nSPS) is 15.8. The van der Waals surface area contributed by atoms with E-state index in [1.165, 1.54) is 11.3 Å². The highest BCUT2D eigenvalue weighted by Gasteiger charge is 2.36. The molecule has 4 amide bonds. The van der Waals surface area contributed by atoms with E-state index in [1.807, 2.05) is 61.5 Å². The van der Waals surface area contributed by atoms with E-state index in [9.17, 15) is 19.2 Å². The number of imide groups is 1. The molecule has 1 aliphatic carbocycles. The van der Waals surface area contributed by atoms with Crippen LogP contribution in [0.3, 0.4) is 0 Å². The maximum atomic E-state index is 14.0. The molecule has 0 unspecified atom stereocenters. The molecule has 7 nitrogen and oxygen atoms in total. The molecule has 0 bridgehead atoms. The summed E-state index contributed by atoms with van der Waals surface area (Å²) >= 11 is 0. The largest absolute Gasteiger partial charge is 0.352 e. The van der Waals surface area contributed by atoms with Crippen molar-refractivity contribution in [2.45, 2.75) is 76.9 Å². The van der Waals surface area contributed by atoms with Gasteiger partial charge in [0.2, 0.25) is 11.8 Å². The van der Waals surface area contributed by atoms with Crippen LogP contribution in [0.25, 0.3) is 0 Å². The highest BCUT2D eigenvalue weighted by molar-refractivity contribution is 6.21. The second kappa shape index (κ2) is 13.6. The van der Waals surface area contributed by atoms with Crippen LogP contribution < -0.4 is 5.32 Å². The lowest BCUT2D eigenvalue weighted by molar-refractivity contribution is -0.141. The molecule has 1 fully saturated rings. The molecule has 1 atom stereocenters. The van der Waals surface area contributed by atoms with Crippen molar-refractivity contribution in [3.63, 3.8) is 0 Å². The highest BCUT2D eigenvalue weighted by atomic mass is 16.2. The van der Waals surface area contributed by atoms with Gasteiger partial charge in [-0.05, 0) is 49.4 Å². The van der Waals surface area contributed by atoms with E-state index in [2.05, 4.69) is 5.32 Å². The van der Waals surface area contributed by atoms with Crippen molar-refractivity contribution >= 4 is 23.6 Å². The van der Waals surface area contributed by atoms with Gasteiger partial charge in [-0.25, -0.2) is 0 Å². The van der Waals surface area contributed by atoms with Crippen molar-refractivity contribution < 1.29 is 19.2 Å². The van der Waals surface area contributed by atoms with E-state index in [0.29, 0.717) is 30.5 Å². The number of aryl methyl sites for hydroxylation is 1. The van der Waals surface area contributed by atoms with E-state index in [0.717, 1.165) is 42.4 Å². The van der Waals surface area contributed by atoms with Gasteiger partial charge in [0.05, 0.1) is 11.1 Å². The summed E-state index contributed by atoms with van der Waals surface area (Å²) in [5.74, 6) is -0.958. The minimum Gasteiger partial charge on any atom is -0.352 e. The Labute approximate surface area is 247 Å². The molecular weight excluding hydrogens is 526 g/mol. The lowest BCUT2D eigenvalue weighted by Crippen LogP contribution is -2.52. The molecular formula is C35H39N3O4. The second-order valence-corrected chi connectivity index (χ2v) is 11.5. The number of hydrogen-bond donors (Lipinski definition) is 1. The molecule has 0 radical (unpaired) electrons. The molecule has 1 heterocycles. The van der Waals surface area contributed by atoms with Gasteiger partial charge in [0.1, 0.15) is 6.04 Å². The number of fused-ring (bicyclic) bond motifs is 1. The molecule has 2 aliphatic rings. The van der Waals surface area contributed by atoms with Crippen LogP contribution >= 0.6 is 0 Å². The Morgan fingerprint density at radius 3 is 2.10 bits per heavy atom. The fourth-order valence-corrected chi connectivity index (χ4v) is 5.96. The summed E-state index contributed by atoms with van der Waals surface area (Å²) in [7, 11) is 0. The van der Waals surface area contributed by atoms with Crippen molar-refractivity contribution in [1.29, 1.82) is 0 Å². The number of nitrogens with one attached hydrogen (secondary N) is 1. The summed E-state index contributed by atoms with van der Waals surface area (Å²) in [4.78, 5) is 56.4. The van der Waals surface area contributed by atoms with Gasteiger partial charge in [-0.2, -0.15) is 0 Å². The summed E-state index contributed by atoms with van der Waals surface area (Å²) in [6.07, 6.45) is 6.11. The standard InChI is InChI=1S/C35H39N3O4/c1-25-18-20-27(21-19-25)24-38(32(39)17-10-22-37-34(41)29-15-8-9-16-30(29)35(37)42)31(23-26-11-4-2-5-12-26)33(40)36-28-13-6-3-7-14-28/h2,4-5,8-9,11-12,15-16,18-21,28,31H,3,6-7,10,13-14,17,22-24H2,1H3,(H,36,40)/t31-/m0/s1. The maximum Gasteiger partial charge on any atom is 0.261 e. The molecule has 42 heavy (non-hydrogen) atoms. The Hall–Kier alpha value is -4.26. The zero-order valence-electron chi connectivity index (χ0n) is 24.3. The molecule has 1 saturated carbocycles. The molecule has 5 rings (SSSR count). The zero-order chi connectivity index (χ0) is 29.5. The summed E-state index contributed by atoms with van der Waals surface area (Å²) < 4.78 is 0. The molecule has 1 aliphatic heterocycles. The first-order valence-electron chi connectivity index (χ1n) is 15.1. The van der Waals surface area contributed by atoms with Gasteiger partial charge in [0.15, 0.2) is 0 Å². The molecule has 0 spiro atoms. The molecule has 3 aromatic carbocycles. The van der Waals surface area contributed by atoms with Crippen LogP contribution in [0.2, 0.25) is 0 Å². The zero-order valence-corrected chi connectivity index (χ0v) is 24.3. The van der Waals surface area contributed by atoms with Gasteiger partial charge in [0, 0.05) is 32.0 Å².